The lowest BCUT2D eigenvalue weighted by Crippen LogP contribution is -2.39. The topological polar surface area (TPSA) is 146 Å². The number of carbonyl (C=O) groups excluding carboxylic acids is 2. The molecule has 11 nitrogen and oxygen atoms in total. The Labute approximate surface area is 159 Å². The van der Waals surface area contributed by atoms with E-state index in [4.69, 9.17) is 0 Å². The molecule has 0 fully saturated rings. The van der Waals surface area contributed by atoms with Gasteiger partial charge in [0.25, 0.3) is 22.9 Å². The number of pyridine rings is 2. The van der Waals surface area contributed by atoms with E-state index in [2.05, 4.69) is 10.6 Å². The molecule has 0 aliphatic heterocycles. The summed E-state index contributed by atoms with van der Waals surface area (Å²) in [6, 6.07) is 7.64. The molecule has 4 N–H and O–H groups in total. The molecule has 0 atom stereocenters. The molecular formula is C17H21N5O6. The van der Waals surface area contributed by atoms with Crippen molar-refractivity contribution < 1.29 is 20.0 Å². The molecule has 0 radical (unpaired) electrons. The van der Waals surface area contributed by atoms with E-state index >= 15 is 0 Å². The van der Waals surface area contributed by atoms with Crippen LogP contribution in [0.25, 0.3) is 0 Å². The summed E-state index contributed by atoms with van der Waals surface area (Å²) in [6.07, 6.45) is 0. The summed E-state index contributed by atoms with van der Waals surface area (Å²) < 4.78 is 0.553. The second kappa shape index (κ2) is 9.37. The molecule has 2 aromatic heterocycles. The van der Waals surface area contributed by atoms with Crippen molar-refractivity contribution in [3.8, 4) is 0 Å². The maximum absolute atomic E-state index is 12.0. The Balaban J connectivity index is 1.73. The third-order valence-corrected chi connectivity index (χ3v) is 3.88. The highest BCUT2D eigenvalue weighted by Gasteiger charge is 2.12. The van der Waals surface area contributed by atoms with Gasteiger partial charge in [-0.3, -0.25) is 19.2 Å². The maximum atomic E-state index is 12.0. The van der Waals surface area contributed by atoms with Gasteiger partial charge in [-0.25, -0.2) is 0 Å². The second-order valence-corrected chi connectivity index (χ2v) is 5.94. The largest absolute Gasteiger partial charge is 0.425 e. The van der Waals surface area contributed by atoms with Gasteiger partial charge < -0.3 is 25.9 Å². The predicted octanol–water partition coefficient (Wildman–Crippen LogP) is -1.42. The van der Waals surface area contributed by atoms with Gasteiger partial charge in [-0.2, -0.15) is 0 Å². The minimum absolute atomic E-state index is 0.166. The zero-order valence-electron chi connectivity index (χ0n) is 15.2. The lowest BCUT2D eigenvalue weighted by molar-refractivity contribution is 0.0885. The molecule has 2 amide bonds. The monoisotopic (exact) mass is 391 g/mol. The number of likely N-dealkylation sites (N-methyl/N-ethyl adjacent to an activating group) is 1. The van der Waals surface area contributed by atoms with Crippen molar-refractivity contribution in [3.05, 3.63) is 68.5 Å². The molecule has 150 valence electrons. The van der Waals surface area contributed by atoms with E-state index < -0.39 is 22.9 Å². The maximum Gasteiger partial charge on any atom is 0.283 e. The number of nitrogens with zero attached hydrogens (tertiary/aromatic N) is 3. The van der Waals surface area contributed by atoms with Crippen molar-refractivity contribution in [1.82, 2.24) is 25.0 Å². The van der Waals surface area contributed by atoms with E-state index in [0.29, 0.717) is 13.1 Å². The summed E-state index contributed by atoms with van der Waals surface area (Å²) in [5.41, 5.74) is -1.74. The highest BCUT2D eigenvalue weighted by Crippen LogP contribution is 1.95. The van der Waals surface area contributed by atoms with Gasteiger partial charge in [0.1, 0.15) is 11.4 Å². The van der Waals surface area contributed by atoms with Crippen LogP contribution in [0.15, 0.2) is 46.0 Å². The quantitative estimate of drug-likeness (QED) is 0.404. The van der Waals surface area contributed by atoms with E-state index in [9.17, 15) is 29.6 Å². The Morgan fingerprint density at radius 2 is 1.25 bits per heavy atom. The molecule has 0 bridgehead atoms. The number of aromatic nitrogens is 2. The van der Waals surface area contributed by atoms with Gasteiger partial charge in [0.05, 0.1) is 0 Å². The van der Waals surface area contributed by atoms with Crippen LogP contribution in [0.1, 0.15) is 21.0 Å². The van der Waals surface area contributed by atoms with E-state index in [0.717, 1.165) is 12.1 Å². The molecular weight excluding hydrogens is 370 g/mol. The molecule has 0 aromatic carbocycles. The van der Waals surface area contributed by atoms with Gasteiger partial charge in [0.2, 0.25) is 0 Å². The molecule has 28 heavy (non-hydrogen) atoms. The molecule has 2 rings (SSSR count). The standard InChI is InChI=1S/C17H21N5O6/c1-20(10-8-18-16(25)12-4-2-6-14(23)21(12)27)11-9-19-17(26)13-5-3-7-15(24)22(13)28/h2-7,27-28H,8-11H2,1H3,(H,18,25)(H,19,26). The SMILES string of the molecule is CN(CCNC(=O)c1cccc(=O)n1O)CCNC(=O)c1cccc(=O)n1O. The Hall–Kier alpha value is -3.60. The molecule has 2 heterocycles. The lowest BCUT2D eigenvalue weighted by Gasteiger charge is -2.17. The Bertz CT molecular complexity index is 889. The summed E-state index contributed by atoms with van der Waals surface area (Å²) in [4.78, 5) is 48.3. The average Bonchev–Trinajstić information content (AvgIpc) is 2.66. The lowest BCUT2D eigenvalue weighted by atomic mass is 10.3. The van der Waals surface area contributed by atoms with E-state index in [-0.39, 0.29) is 33.9 Å². The van der Waals surface area contributed by atoms with Crippen LogP contribution in [0, 0.1) is 0 Å². The van der Waals surface area contributed by atoms with E-state index in [1.54, 1.807) is 7.05 Å². The molecule has 0 saturated carbocycles. The van der Waals surface area contributed by atoms with Crippen LogP contribution >= 0.6 is 0 Å². The van der Waals surface area contributed by atoms with Gasteiger partial charge in [0.15, 0.2) is 0 Å². The molecule has 11 heteroatoms. The molecule has 0 aliphatic rings. The zero-order chi connectivity index (χ0) is 20.7. The Morgan fingerprint density at radius 3 is 1.64 bits per heavy atom. The third kappa shape index (κ3) is 5.20. The van der Waals surface area contributed by atoms with Gasteiger partial charge in [-0.15, -0.1) is 9.46 Å². The number of carbonyl (C=O) groups is 2. The van der Waals surface area contributed by atoms with Crippen LogP contribution in [-0.2, 0) is 0 Å². The summed E-state index contributed by atoms with van der Waals surface area (Å²) in [6.45, 7) is 1.39. The first kappa shape index (κ1) is 20.7. The fourth-order valence-corrected chi connectivity index (χ4v) is 2.32. The van der Waals surface area contributed by atoms with Crippen LogP contribution in [0.4, 0.5) is 0 Å². The number of rotatable bonds is 8. The fourth-order valence-electron chi connectivity index (χ4n) is 2.32. The van der Waals surface area contributed by atoms with Crippen molar-refractivity contribution in [1.29, 1.82) is 0 Å². The minimum atomic E-state index is -0.702. The Kier molecular flexibility index (Phi) is 6.93. The second-order valence-electron chi connectivity index (χ2n) is 5.94. The summed E-state index contributed by atoms with van der Waals surface area (Å²) >= 11 is 0. The first-order valence-electron chi connectivity index (χ1n) is 8.39. The number of amides is 2. The highest BCUT2D eigenvalue weighted by molar-refractivity contribution is 5.92. The van der Waals surface area contributed by atoms with E-state index in [1.165, 1.54) is 24.3 Å². The minimum Gasteiger partial charge on any atom is -0.425 e. The van der Waals surface area contributed by atoms with Crippen molar-refractivity contribution >= 4 is 11.8 Å². The number of hydrogen-bond donors (Lipinski definition) is 4. The van der Waals surface area contributed by atoms with Crippen LogP contribution in [-0.4, -0.2) is 69.8 Å². The van der Waals surface area contributed by atoms with Crippen LogP contribution < -0.4 is 21.8 Å². The van der Waals surface area contributed by atoms with E-state index in [1.807, 2.05) is 4.90 Å². The molecule has 0 spiro atoms. The first-order chi connectivity index (χ1) is 13.3. The average molecular weight is 391 g/mol. The zero-order valence-corrected chi connectivity index (χ0v) is 15.2. The van der Waals surface area contributed by atoms with Gasteiger partial charge in [-0.1, -0.05) is 12.1 Å². The highest BCUT2D eigenvalue weighted by atomic mass is 16.5. The first-order valence-corrected chi connectivity index (χ1v) is 8.39. The number of hydrogen-bond acceptors (Lipinski definition) is 7. The Morgan fingerprint density at radius 1 is 0.857 bits per heavy atom. The normalized spacial score (nSPS) is 10.6. The van der Waals surface area contributed by atoms with Gasteiger partial charge in [-0.05, 0) is 19.2 Å². The third-order valence-electron chi connectivity index (χ3n) is 3.88. The molecule has 0 unspecified atom stereocenters. The van der Waals surface area contributed by atoms with Crippen molar-refractivity contribution in [2.75, 3.05) is 33.2 Å². The smallest absolute Gasteiger partial charge is 0.283 e. The van der Waals surface area contributed by atoms with Crippen LogP contribution in [0.5, 0.6) is 0 Å². The van der Waals surface area contributed by atoms with Crippen molar-refractivity contribution in [2.45, 2.75) is 0 Å². The number of nitrogens with one attached hydrogen (secondary N) is 2. The molecule has 2 aromatic rings. The van der Waals surface area contributed by atoms with Crippen molar-refractivity contribution in [2.24, 2.45) is 0 Å². The van der Waals surface area contributed by atoms with Gasteiger partial charge in [0, 0.05) is 38.3 Å². The van der Waals surface area contributed by atoms with Crippen molar-refractivity contribution in [3.63, 3.8) is 0 Å². The predicted molar refractivity (Wildman–Crippen MR) is 97.9 cm³/mol. The summed E-state index contributed by atoms with van der Waals surface area (Å²) in [7, 11) is 1.77. The van der Waals surface area contributed by atoms with Crippen LogP contribution in [0.3, 0.4) is 0 Å². The molecule has 0 aliphatic carbocycles. The van der Waals surface area contributed by atoms with Gasteiger partial charge >= 0.3 is 0 Å². The fraction of sp³-hybridized carbons (Fsp3) is 0.294. The molecule has 0 saturated heterocycles. The summed E-state index contributed by atoms with van der Waals surface area (Å²) in [5.74, 6) is -1.18. The summed E-state index contributed by atoms with van der Waals surface area (Å²) in [5, 5.41) is 24.2. The van der Waals surface area contributed by atoms with Crippen LogP contribution in [0.2, 0.25) is 0 Å².